The van der Waals surface area contributed by atoms with Crippen LogP contribution in [0.2, 0.25) is 0 Å². The zero-order valence-corrected chi connectivity index (χ0v) is 20.6. The molecule has 5 rings (SSSR count). The molecule has 0 unspecified atom stereocenters. The van der Waals surface area contributed by atoms with Crippen molar-refractivity contribution in [3.8, 4) is 0 Å². The predicted octanol–water partition coefficient (Wildman–Crippen LogP) is 4.17. The van der Waals surface area contributed by atoms with Crippen LogP contribution in [0.1, 0.15) is 30.4 Å². The minimum absolute atomic E-state index is 0.211. The number of benzene rings is 1. The van der Waals surface area contributed by atoms with Gasteiger partial charge in [-0.2, -0.15) is 4.39 Å². The normalized spacial score (nSPS) is 15.6. The van der Waals surface area contributed by atoms with E-state index in [2.05, 4.69) is 36.2 Å². The van der Waals surface area contributed by atoms with E-state index in [9.17, 15) is 14.0 Å². The second-order valence-electron chi connectivity index (χ2n) is 9.29. The fourth-order valence-corrected chi connectivity index (χ4v) is 5.00. The summed E-state index contributed by atoms with van der Waals surface area (Å²) in [6, 6.07) is 8.35. The van der Waals surface area contributed by atoms with Gasteiger partial charge in [0.2, 0.25) is 5.95 Å². The Morgan fingerprint density at radius 2 is 2.06 bits per heavy atom. The molecule has 0 spiro atoms. The first kappa shape index (κ1) is 23.7. The zero-order valence-electron chi connectivity index (χ0n) is 19.8. The molecular formula is C24H24FN7O3S. The molecular weight excluding hydrogens is 485 g/mol. The Balaban J connectivity index is 1.39. The summed E-state index contributed by atoms with van der Waals surface area (Å²) in [4.78, 5) is 37.7. The molecule has 1 aliphatic heterocycles. The van der Waals surface area contributed by atoms with Crippen molar-refractivity contribution >= 4 is 61.6 Å². The zero-order chi connectivity index (χ0) is 25.4. The monoisotopic (exact) mass is 509 g/mol. The van der Waals surface area contributed by atoms with Crippen LogP contribution in [0.5, 0.6) is 0 Å². The molecule has 0 radical (unpaired) electrons. The molecule has 0 fully saturated rings. The molecule has 10 nitrogen and oxygen atoms in total. The van der Waals surface area contributed by atoms with Crippen molar-refractivity contribution in [3.05, 3.63) is 47.5 Å². The van der Waals surface area contributed by atoms with Crippen LogP contribution >= 0.6 is 11.3 Å². The number of amides is 2. The highest BCUT2D eigenvalue weighted by Gasteiger charge is 2.27. The molecule has 36 heavy (non-hydrogen) atoms. The van der Waals surface area contributed by atoms with E-state index in [0.717, 1.165) is 27.5 Å². The topological polar surface area (TPSA) is 130 Å². The van der Waals surface area contributed by atoms with Crippen LogP contribution in [0.3, 0.4) is 0 Å². The van der Waals surface area contributed by atoms with Gasteiger partial charge >= 0.3 is 6.09 Å². The molecule has 2 amide bonds. The van der Waals surface area contributed by atoms with Crippen LogP contribution in [-0.2, 0) is 4.74 Å². The molecule has 0 aliphatic carbocycles. The van der Waals surface area contributed by atoms with Gasteiger partial charge in [-0.05, 0) is 45.0 Å². The largest absolute Gasteiger partial charge is 0.444 e. The summed E-state index contributed by atoms with van der Waals surface area (Å²) < 4.78 is 19.6. The number of alkyl carbamates (subject to hydrolysis) is 1. The van der Waals surface area contributed by atoms with Crippen LogP contribution in [0.15, 0.2) is 36.7 Å². The highest BCUT2D eigenvalue weighted by molar-refractivity contribution is 7.21. The molecule has 4 heterocycles. The molecule has 0 bridgehead atoms. The van der Waals surface area contributed by atoms with Gasteiger partial charge in [0, 0.05) is 34.6 Å². The highest BCUT2D eigenvalue weighted by Crippen LogP contribution is 2.41. The number of fused-ring (bicyclic) bond motifs is 5. The Hall–Kier alpha value is -4.06. The molecule has 12 heteroatoms. The van der Waals surface area contributed by atoms with Crippen LogP contribution in [0.25, 0.3) is 21.0 Å². The molecule has 1 aliphatic rings. The number of halogens is 1. The molecule has 3 aromatic heterocycles. The molecule has 4 aromatic rings. The molecule has 1 atom stereocenters. The van der Waals surface area contributed by atoms with Crippen molar-refractivity contribution in [2.45, 2.75) is 32.4 Å². The second-order valence-corrected chi connectivity index (χ2v) is 10.3. The van der Waals surface area contributed by atoms with Gasteiger partial charge in [0.25, 0.3) is 5.91 Å². The Bertz CT molecular complexity index is 1480. The minimum Gasteiger partial charge on any atom is -0.444 e. The van der Waals surface area contributed by atoms with Crippen molar-refractivity contribution in [1.29, 1.82) is 0 Å². The van der Waals surface area contributed by atoms with Gasteiger partial charge in [0.1, 0.15) is 28.4 Å². The van der Waals surface area contributed by atoms with Gasteiger partial charge in [-0.15, -0.1) is 11.3 Å². The summed E-state index contributed by atoms with van der Waals surface area (Å²) in [6.45, 7) is 6.01. The first-order chi connectivity index (χ1) is 17.2. The number of nitrogens with zero attached hydrogens (tertiary/aromatic N) is 3. The van der Waals surface area contributed by atoms with E-state index in [1.807, 2.05) is 18.2 Å². The van der Waals surface area contributed by atoms with Gasteiger partial charge in [-0.25, -0.2) is 19.7 Å². The van der Waals surface area contributed by atoms with Gasteiger partial charge in [-0.3, -0.25) is 4.79 Å². The lowest BCUT2D eigenvalue weighted by Crippen LogP contribution is -2.46. The Morgan fingerprint density at radius 3 is 2.83 bits per heavy atom. The smallest absolute Gasteiger partial charge is 0.407 e. The lowest BCUT2D eigenvalue weighted by Gasteiger charge is -2.22. The van der Waals surface area contributed by atoms with Gasteiger partial charge in [0.15, 0.2) is 0 Å². The first-order valence-electron chi connectivity index (χ1n) is 11.3. The van der Waals surface area contributed by atoms with Gasteiger partial charge in [0.05, 0.1) is 17.2 Å². The van der Waals surface area contributed by atoms with Crippen LogP contribution < -0.4 is 21.3 Å². The van der Waals surface area contributed by atoms with Crippen LogP contribution in [0.4, 0.5) is 26.5 Å². The fourth-order valence-electron chi connectivity index (χ4n) is 3.90. The number of hydrogen-bond donors (Lipinski definition) is 4. The molecule has 4 N–H and O–H groups in total. The number of hydrogen-bond acceptors (Lipinski definition) is 9. The third-order valence-corrected chi connectivity index (χ3v) is 6.52. The minimum atomic E-state index is -0.639. The number of aromatic nitrogens is 3. The van der Waals surface area contributed by atoms with Gasteiger partial charge in [-0.1, -0.05) is 0 Å². The summed E-state index contributed by atoms with van der Waals surface area (Å²) in [5, 5.41) is 13.8. The van der Waals surface area contributed by atoms with Crippen LogP contribution in [-0.4, -0.2) is 51.7 Å². The van der Waals surface area contributed by atoms with E-state index in [4.69, 9.17) is 4.74 Å². The Morgan fingerprint density at radius 1 is 1.22 bits per heavy atom. The number of thiophene rings is 1. The van der Waals surface area contributed by atoms with Crippen molar-refractivity contribution in [2.24, 2.45) is 0 Å². The SMILES string of the molecule is CC(C)(C)OC(=O)NC[C@@H]1CNc2c(sc3ccc4nc(Nc5cc(F)ncn5)ccc4c23)C(=O)N1. The predicted molar refractivity (Wildman–Crippen MR) is 136 cm³/mol. The number of carbonyl (C=O) groups is 2. The molecule has 0 saturated carbocycles. The van der Waals surface area contributed by atoms with Crippen molar-refractivity contribution in [3.63, 3.8) is 0 Å². The summed E-state index contributed by atoms with van der Waals surface area (Å²) in [5.74, 6) is -0.0539. The third kappa shape index (κ3) is 4.98. The Kier molecular flexibility index (Phi) is 6.04. The maximum atomic E-state index is 13.4. The van der Waals surface area contributed by atoms with E-state index in [1.165, 1.54) is 17.4 Å². The molecule has 1 aromatic carbocycles. The van der Waals surface area contributed by atoms with Crippen molar-refractivity contribution < 1.29 is 18.7 Å². The van der Waals surface area contributed by atoms with Crippen molar-refractivity contribution in [1.82, 2.24) is 25.6 Å². The number of anilines is 3. The number of ether oxygens (including phenoxy) is 1. The lowest BCUT2D eigenvalue weighted by molar-refractivity contribution is 0.0521. The number of rotatable bonds is 4. The Labute approximate surface area is 209 Å². The summed E-state index contributed by atoms with van der Waals surface area (Å²) in [5.41, 5.74) is 0.837. The average Bonchev–Trinajstić information content (AvgIpc) is 3.11. The average molecular weight is 510 g/mol. The van der Waals surface area contributed by atoms with E-state index in [1.54, 1.807) is 26.8 Å². The first-order valence-corrected chi connectivity index (χ1v) is 12.1. The van der Waals surface area contributed by atoms with E-state index in [-0.39, 0.29) is 18.5 Å². The fraction of sp³-hybridized carbons (Fsp3) is 0.292. The highest BCUT2D eigenvalue weighted by atomic mass is 32.1. The van der Waals surface area contributed by atoms with E-state index in [0.29, 0.717) is 28.6 Å². The summed E-state index contributed by atoms with van der Waals surface area (Å²) in [6.07, 6.45) is 0.600. The molecule has 186 valence electrons. The maximum absolute atomic E-state index is 13.4. The number of pyridine rings is 1. The van der Waals surface area contributed by atoms with E-state index >= 15 is 0 Å². The number of carbonyl (C=O) groups excluding carboxylic acids is 2. The summed E-state index contributed by atoms with van der Waals surface area (Å²) in [7, 11) is 0. The second kappa shape index (κ2) is 9.19. The lowest BCUT2D eigenvalue weighted by atomic mass is 10.1. The van der Waals surface area contributed by atoms with Crippen LogP contribution in [0, 0.1) is 5.95 Å². The molecule has 0 saturated heterocycles. The summed E-state index contributed by atoms with van der Waals surface area (Å²) >= 11 is 1.39. The van der Waals surface area contributed by atoms with E-state index < -0.39 is 17.6 Å². The van der Waals surface area contributed by atoms with Crippen molar-refractivity contribution in [2.75, 3.05) is 23.7 Å². The number of nitrogens with one attached hydrogen (secondary N) is 4. The standard InChI is InChI=1S/C24H24FN7O3S/c1-24(2,3)35-23(34)27-10-12-9-26-20-19-13-4-7-17(32-18-8-16(25)28-11-29-18)31-14(13)5-6-15(19)36-21(20)22(33)30-12/h4-8,11-12,26H,9-10H2,1-3H3,(H,27,34)(H,30,33)(H,28,29,31,32)/t12-/m0/s1. The maximum Gasteiger partial charge on any atom is 0.407 e. The quantitative estimate of drug-likeness (QED) is 0.302. The third-order valence-electron chi connectivity index (χ3n) is 5.37. The van der Waals surface area contributed by atoms with Gasteiger partial charge < -0.3 is 26.0 Å².